The SMILES string of the molecule is Cc1ncsc1C(=O)NCC(O)C(F)F. The first-order valence-corrected chi connectivity index (χ1v) is 5.05. The van der Waals surface area contributed by atoms with Crippen LogP contribution < -0.4 is 5.32 Å². The number of carbonyl (C=O) groups is 1. The van der Waals surface area contributed by atoms with E-state index in [9.17, 15) is 13.6 Å². The van der Waals surface area contributed by atoms with Gasteiger partial charge in [-0.05, 0) is 6.92 Å². The van der Waals surface area contributed by atoms with Gasteiger partial charge in [0.15, 0.2) is 0 Å². The van der Waals surface area contributed by atoms with Gasteiger partial charge in [-0.1, -0.05) is 0 Å². The van der Waals surface area contributed by atoms with Crippen LogP contribution in [0.5, 0.6) is 0 Å². The minimum atomic E-state index is -2.85. The van der Waals surface area contributed by atoms with E-state index < -0.39 is 25.0 Å². The topological polar surface area (TPSA) is 62.2 Å². The predicted molar refractivity (Wildman–Crippen MR) is 51.2 cm³/mol. The summed E-state index contributed by atoms with van der Waals surface area (Å²) in [7, 11) is 0. The van der Waals surface area contributed by atoms with Crippen LogP contribution in [0.15, 0.2) is 5.51 Å². The predicted octanol–water partition coefficient (Wildman–Crippen LogP) is 0.807. The van der Waals surface area contributed by atoms with E-state index in [2.05, 4.69) is 10.3 Å². The van der Waals surface area contributed by atoms with Crippen LogP contribution in [-0.4, -0.2) is 35.1 Å². The first-order chi connectivity index (χ1) is 7.02. The number of hydrogen-bond acceptors (Lipinski definition) is 4. The summed E-state index contributed by atoms with van der Waals surface area (Å²) in [4.78, 5) is 15.6. The van der Waals surface area contributed by atoms with Gasteiger partial charge in [0.05, 0.1) is 11.2 Å². The number of nitrogens with one attached hydrogen (secondary N) is 1. The summed E-state index contributed by atoms with van der Waals surface area (Å²) in [5.74, 6) is -0.491. The van der Waals surface area contributed by atoms with Crippen molar-refractivity contribution in [3.8, 4) is 0 Å². The Balaban J connectivity index is 2.47. The van der Waals surface area contributed by atoms with Gasteiger partial charge >= 0.3 is 0 Å². The molecule has 1 aromatic rings. The highest BCUT2D eigenvalue weighted by Crippen LogP contribution is 2.11. The van der Waals surface area contributed by atoms with Crippen molar-refractivity contribution in [2.24, 2.45) is 0 Å². The normalized spacial score (nSPS) is 12.9. The van der Waals surface area contributed by atoms with E-state index in [0.29, 0.717) is 10.6 Å². The number of aliphatic hydroxyl groups is 1. The van der Waals surface area contributed by atoms with Gasteiger partial charge in [-0.2, -0.15) is 0 Å². The highest BCUT2D eigenvalue weighted by molar-refractivity contribution is 7.11. The van der Waals surface area contributed by atoms with Crippen molar-refractivity contribution < 1.29 is 18.7 Å². The Morgan fingerprint density at radius 2 is 2.40 bits per heavy atom. The number of rotatable bonds is 4. The Morgan fingerprint density at radius 3 is 2.87 bits per heavy atom. The number of halogens is 2. The Morgan fingerprint density at radius 1 is 1.73 bits per heavy atom. The molecule has 1 atom stereocenters. The minimum Gasteiger partial charge on any atom is -0.385 e. The van der Waals surface area contributed by atoms with Crippen LogP contribution in [0.4, 0.5) is 8.78 Å². The molecule has 0 spiro atoms. The molecule has 2 N–H and O–H groups in total. The van der Waals surface area contributed by atoms with E-state index in [1.54, 1.807) is 6.92 Å². The molecule has 0 aliphatic heterocycles. The molecule has 1 aromatic heterocycles. The van der Waals surface area contributed by atoms with E-state index >= 15 is 0 Å². The number of nitrogens with zero attached hydrogens (tertiary/aromatic N) is 1. The molecule has 0 saturated carbocycles. The number of aryl methyl sites for hydroxylation is 1. The number of hydrogen-bond donors (Lipinski definition) is 2. The average molecular weight is 236 g/mol. The second-order valence-electron chi connectivity index (χ2n) is 2.88. The van der Waals surface area contributed by atoms with Gasteiger partial charge in [0.1, 0.15) is 11.0 Å². The number of thiazole rings is 1. The molecule has 0 radical (unpaired) electrons. The average Bonchev–Trinajstić information content (AvgIpc) is 2.60. The van der Waals surface area contributed by atoms with Crippen molar-refractivity contribution in [2.45, 2.75) is 19.5 Å². The molecular weight excluding hydrogens is 226 g/mol. The summed E-state index contributed by atoms with van der Waals surface area (Å²) >= 11 is 1.13. The lowest BCUT2D eigenvalue weighted by Gasteiger charge is -2.09. The van der Waals surface area contributed by atoms with Crippen molar-refractivity contribution in [3.63, 3.8) is 0 Å². The van der Waals surface area contributed by atoms with Crippen molar-refractivity contribution >= 4 is 17.2 Å². The molecular formula is C8H10F2N2O2S. The molecule has 84 valence electrons. The summed E-state index contributed by atoms with van der Waals surface area (Å²) in [6, 6.07) is 0. The molecule has 0 fully saturated rings. The lowest BCUT2D eigenvalue weighted by atomic mass is 10.3. The van der Waals surface area contributed by atoms with Gasteiger partial charge in [0.25, 0.3) is 12.3 Å². The summed E-state index contributed by atoms with van der Waals surface area (Å²) in [5.41, 5.74) is 2.04. The zero-order valence-corrected chi connectivity index (χ0v) is 8.72. The summed E-state index contributed by atoms with van der Waals surface area (Å²) in [6.07, 6.45) is -4.69. The van der Waals surface area contributed by atoms with Gasteiger partial charge in [-0.25, -0.2) is 13.8 Å². The van der Waals surface area contributed by atoms with Gasteiger partial charge < -0.3 is 10.4 Å². The van der Waals surface area contributed by atoms with Crippen LogP contribution in [0, 0.1) is 6.92 Å². The zero-order chi connectivity index (χ0) is 11.4. The maximum atomic E-state index is 11.9. The largest absolute Gasteiger partial charge is 0.385 e. The van der Waals surface area contributed by atoms with E-state index in [0.717, 1.165) is 11.3 Å². The molecule has 1 heterocycles. The van der Waals surface area contributed by atoms with E-state index in [4.69, 9.17) is 5.11 Å². The lowest BCUT2D eigenvalue weighted by Crippen LogP contribution is -2.35. The highest BCUT2D eigenvalue weighted by Gasteiger charge is 2.19. The van der Waals surface area contributed by atoms with Crippen molar-refractivity contribution in [2.75, 3.05) is 6.54 Å². The fourth-order valence-electron chi connectivity index (χ4n) is 0.886. The molecule has 7 heteroatoms. The lowest BCUT2D eigenvalue weighted by molar-refractivity contribution is -0.00268. The van der Waals surface area contributed by atoms with Gasteiger partial charge in [-0.3, -0.25) is 4.79 Å². The minimum absolute atomic E-state index is 0.372. The smallest absolute Gasteiger partial charge is 0.265 e. The zero-order valence-electron chi connectivity index (χ0n) is 7.91. The Bertz CT molecular complexity index is 343. The Kier molecular flexibility index (Phi) is 4.10. The van der Waals surface area contributed by atoms with Crippen molar-refractivity contribution in [1.29, 1.82) is 0 Å². The van der Waals surface area contributed by atoms with Crippen LogP contribution in [0.2, 0.25) is 0 Å². The van der Waals surface area contributed by atoms with E-state index in [1.165, 1.54) is 5.51 Å². The standard InChI is InChI=1S/C8H10F2N2O2S/c1-4-6(15-3-12-4)8(14)11-2-5(13)7(9)10/h3,5,7,13H,2H2,1H3,(H,11,14). The van der Waals surface area contributed by atoms with Crippen LogP contribution in [0.3, 0.4) is 0 Å². The fraction of sp³-hybridized carbons (Fsp3) is 0.500. The second kappa shape index (κ2) is 5.13. The number of carbonyl (C=O) groups excluding carboxylic acids is 1. The van der Waals surface area contributed by atoms with Gasteiger partial charge in [0, 0.05) is 6.54 Å². The van der Waals surface area contributed by atoms with E-state index in [-0.39, 0.29) is 0 Å². The van der Waals surface area contributed by atoms with Crippen molar-refractivity contribution in [1.82, 2.24) is 10.3 Å². The molecule has 0 aliphatic carbocycles. The van der Waals surface area contributed by atoms with Crippen LogP contribution in [0.25, 0.3) is 0 Å². The molecule has 4 nitrogen and oxygen atoms in total. The van der Waals surface area contributed by atoms with Crippen molar-refractivity contribution in [3.05, 3.63) is 16.1 Å². The summed E-state index contributed by atoms with van der Waals surface area (Å²) < 4.78 is 23.8. The number of amides is 1. The first-order valence-electron chi connectivity index (χ1n) is 4.17. The summed E-state index contributed by atoms with van der Waals surface area (Å²) in [5, 5.41) is 11.0. The Hall–Kier alpha value is -1.08. The quantitative estimate of drug-likeness (QED) is 0.813. The third-order valence-corrected chi connectivity index (χ3v) is 2.64. The Labute approximate surface area is 89.0 Å². The molecule has 15 heavy (non-hydrogen) atoms. The highest BCUT2D eigenvalue weighted by atomic mass is 32.1. The molecule has 1 amide bonds. The molecule has 0 aromatic carbocycles. The fourth-order valence-corrected chi connectivity index (χ4v) is 1.61. The van der Waals surface area contributed by atoms with Crippen LogP contribution >= 0.6 is 11.3 Å². The molecule has 1 rings (SSSR count). The third kappa shape index (κ3) is 3.21. The van der Waals surface area contributed by atoms with Crippen LogP contribution in [-0.2, 0) is 0 Å². The second-order valence-corrected chi connectivity index (χ2v) is 3.73. The third-order valence-electron chi connectivity index (χ3n) is 1.71. The summed E-state index contributed by atoms with van der Waals surface area (Å²) in [6.45, 7) is 1.18. The maximum absolute atomic E-state index is 11.9. The van der Waals surface area contributed by atoms with E-state index in [1.807, 2.05) is 0 Å². The molecule has 0 bridgehead atoms. The number of aliphatic hydroxyl groups excluding tert-OH is 1. The maximum Gasteiger partial charge on any atom is 0.265 e. The number of aromatic nitrogens is 1. The van der Waals surface area contributed by atoms with Crippen LogP contribution in [0.1, 0.15) is 15.4 Å². The monoisotopic (exact) mass is 236 g/mol. The van der Waals surface area contributed by atoms with Gasteiger partial charge in [-0.15, -0.1) is 11.3 Å². The number of alkyl halides is 2. The molecule has 0 aliphatic rings. The molecule has 1 unspecified atom stereocenters. The first kappa shape index (κ1) is 12.0. The molecule has 0 saturated heterocycles. The van der Waals surface area contributed by atoms with Gasteiger partial charge in [0.2, 0.25) is 0 Å².